The maximum absolute atomic E-state index is 9.86. The maximum Gasteiger partial charge on any atom is 0.0553 e. The van der Waals surface area contributed by atoms with Gasteiger partial charge >= 0.3 is 0 Å². The zero-order valence-electron chi connectivity index (χ0n) is 11.5. The fraction of sp³-hybridized carbons (Fsp3) is 1.00. The summed E-state index contributed by atoms with van der Waals surface area (Å²) in [4.78, 5) is 2.63. The first-order valence-electron chi connectivity index (χ1n) is 7.27. The molecule has 2 fully saturated rings. The summed E-state index contributed by atoms with van der Waals surface area (Å²) in [5.74, 6) is 1.30. The first kappa shape index (κ1) is 13.3. The van der Waals surface area contributed by atoms with Crippen molar-refractivity contribution in [2.45, 2.75) is 58.2 Å². The van der Waals surface area contributed by atoms with Crippen LogP contribution < -0.4 is 5.32 Å². The maximum atomic E-state index is 9.86. The van der Waals surface area contributed by atoms with E-state index in [1.807, 2.05) is 6.92 Å². The summed E-state index contributed by atoms with van der Waals surface area (Å²) >= 11 is 0. The molecule has 2 rings (SSSR count). The van der Waals surface area contributed by atoms with Crippen LogP contribution >= 0.6 is 0 Å². The molecule has 1 aliphatic heterocycles. The molecule has 3 heteroatoms. The summed E-state index contributed by atoms with van der Waals surface area (Å²) in [6.07, 6.45) is 3.69. The molecule has 0 amide bonds. The number of hydrogen-bond acceptors (Lipinski definition) is 3. The molecule has 17 heavy (non-hydrogen) atoms. The first-order chi connectivity index (χ1) is 8.11. The van der Waals surface area contributed by atoms with Crippen molar-refractivity contribution in [3.63, 3.8) is 0 Å². The van der Waals surface area contributed by atoms with Crippen LogP contribution in [-0.2, 0) is 0 Å². The normalized spacial score (nSPS) is 40.9. The highest BCUT2D eigenvalue weighted by Crippen LogP contribution is 2.34. The molecule has 5 unspecified atom stereocenters. The lowest BCUT2D eigenvalue weighted by Gasteiger charge is -2.49. The Balaban J connectivity index is 1.95. The lowest BCUT2D eigenvalue weighted by Crippen LogP contribution is -2.57. The Morgan fingerprint density at radius 3 is 2.59 bits per heavy atom. The van der Waals surface area contributed by atoms with E-state index in [2.05, 4.69) is 24.1 Å². The van der Waals surface area contributed by atoms with E-state index in [1.54, 1.807) is 0 Å². The lowest BCUT2D eigenvalue weighted by molar-refractivity contribution is -0.0100. The second-order valence-electron chi connectivity index (χ2n) is 6.07. The SMILES string of the molecule is CCNC1CC(C(C)O)CN(C2CCC2C)C1. The van der Waals surface area contributed by atoms with Gasteiger partial charge in [0.2, 0.25) is 0 Å². The average molecular weight is 240 g/mol. The molecule has 1 saturated heterocycles. The highest BCUT2D eigenvalue weighted by molar-refractivity contribution is 4.93. The summed E-state index contributed by atoms with van der Waals surface area (Å²) < 4.78 is 0. The number of aliphatic hydroxyl groups is 1. The number of piperidine rings is 1. The quantitative estimate of drug-likeness (QED) is 0.781. The Bertz CT molecular complexity index is 244. The smallest absolute Gasteiger partial charge is 0.0553 e. The second-order valence-corrected chi connectivity index (χ2v) is 6.07. The van der Waals surface area contributed by atoms with E-state index in [-0.39, 0.29) is 6.10 Å². The summed E-state index contributed by atoms with van der Waals surface area (Å²) in [6, 6.07) is 1.35. The molecule has 0 aromatic rings. The van der Waals surface area contributed by atoms with E-state index in [0.29, 0.717) is 12.0 Å². The molecular formula is C14H28N2O. The van der Waals surface area contributed by atoms with Crippen molar-refractivity contribution in [1.29, 1.82) is 0 Å². The Morgan fingerprint density at radius 2 is 2.12 bits per heavy atom. The summed E-state index contributed by atoms with van der Waals surface area (Å²) in [5.41, 5.74) is 0. The van der Waals surface area contributed by atoms with Crippen LogP contribution in [0.2, 0.25) is 0 Å². The van der Waals surface area contributed by atoms with Crippen LogP contribution in [-0.4, -0.2) is 47.8 Å². The van der Waals surface area contributed by atoms with Crippen LogP contribution in [0.3, 0.4) is 0 Å². The van der Waals surface area contributed by atoms with E-state index in [0.717, 1.165) is 31.5 Å². The number of nitrogens with zero attached hydrogens (tertiary/aromatic N) is 1. The van der Waals surface area contributed by atoms with E-state index in [1.165, 1.54) is 19.4 Å². The van der Waals surface area contributed by atoms with Crippen LogP contribution in [0.1, 0.15) is 40.0 Å². The van der Waals surface area contributed by atoms with Gasteiger partial charge in [0.1, 0.15) is 0 Å². The minimum atomic E-state index is -0.172. The van der Waals surface area contributed by atoms with Gasteiger partial charge in [0, 0.05) is 25.2 Å². The van der Waals surface area contributed by atoms with Crippen molar-refractivity contribution in [2.24, 2.45) is 11.8 Å². The molecule has 2 N–H and O–H groups in total. The molecule has 1 saturated carbocycles. The third kappa shape index (κ3) is 3.01. The molecular weight excluding hydrogens is 212 g/mol. The Labute approximate surface area is 106 Å². The van der Waals surface area contributed by atoms with Crippen LogP contribution in [0, 0.1) is 11.8 Å². The number of likely N-dealkylation sites (tertiary alicyclic amines) is 1. The second kappa shape index (κ2) is 5.68. The zero-order chi connectivity index (χ0) is 12.4. The van der Waals surface area contributed by atoms with Gasteiger partial charge in [0.05, 0.1) is 6.10 Å². The van der Waals surface area contributed by atoms with Crippen molar-refractivity contribution in [3.05, 3.63) is 0 Å². The van der Waals surface area contributed by atoms with Crippen molar-refractivity contribution in [2.75, 3.05) is 19.6 Å². The van der Waals surface area contributed by atoms with E-state index in [9.17, 15) is 5.11 Å². The molecule has 0 aromatic heterocycles. The predicted octanol–water partition coefficient (Wildman–Crippen LogP) is 1.47. The number of rotatable bonds is 4. The standard InChI is InChI=1S/C14H28N2O/c1-4-15-13-7-12(11(3)17)8-16(9-13)14-6-5-10(14)2/h10-15,17H,4-9H2,1-3H3. The molecule has 3 nitrogen and oxygen atoms in total. The highest BCUT2D eigenvalue weighted by Gasteiger charge is 2.38. The van der Waals surface area contributed by atoms with Gasteiger partial charge in [-0.15, -0.1) is 0 Å². The minimum absolute atomic E-state index is 0.172. The monoisotopic (exact) mass is 240 g/mol. The largest absolute Gasteiger partial charge is 0.393 e. The molecule has 5 atom stereocenters. The van der Waals surface area contributed by atoms with Crippen LogP contribution in [0.4, 0.5) is 0 Å². The van der Waals surface area contributed by atoms with Gasteiger partial charge in [-0.05, 0) is 44.6 Å². The summed E-state index contributed by atoms with van der Waals surface area (Å²) in [5, 5.41) is 13.4. The fourth-order valence-electron chi connectivity index (χ4n) is 3.42. The van der Waals surface area contributed by atoms with Crippen LogP contribution in [0.15, 0.2) is 0 Å². The molecule has 1 heterocycles. The van der Waals surface area contributed by atoms with Crippen molar-refractivity contribution < 1.29 is 5.11 Å². The molecule has 2 aliphatic rings. The van der Waals surface area contributed by atoms with Gasteiger partial charge in [-0.2, -0.15) is 0 Å². The highest BCUT2D eigenvalue weighted by atomic mass is 16.3. The third-order valence-corrected chi connectivity index (χ3v) is 4.73. The first-order valence-corrected chi connectivity index (χ1v) is 7.27. The molecule has 0 spiro atoms. The molecule has 100 valence electrons. The lowest BCUT2D eigenvalue weighted by atomic mass is 9.77. The van der Waals surface area contributed by atoms with Gasteiger partial charge in [-0.25, -0.2) is 0 Å². The Hall–Kier alpha value is -0.120. The zero-order valence-corrected chi connectivity index (χ0v) is 11.5. The van der Waals surface area contributed by atoms with Crippen molar-refractivity contribution in [3.8, 4) is 0 Å². The van der Waals surface area contributed by atoms with Crippen molar-refractivity contribution >= 4 is 0 Å². The van der Waals surface area contributed by atoms with E-state index >= 15 is 0 Å². The average Bonchev–Trinajstić information content (AvgIpc) is 2.27. The third-order valence-electron chi connectivity index (χ3n) is 4.73. The van der Waals surface area contributed by atoms with E-state index < -0.39 is 0 Å². The number of hydrogen-bond donors (Lipinski definition) is 2. The predicted molar refractivity (Wildman–Crippen MR) is 71.0 cm³/mol. The van der Waals surface area contributed by atoms with Crippen LogP contribution in [0.5, 0.6) is 0 Å². The topological polar surface area (TPSA) is 35.5 Å². The van der Waals surface area contributed by atoms with E-state index in [4.69, 9.17) is 0 Å². The molecule has 1 aliphatic carbocycles. The fourth-order valence-corrected chi connectivity index (χ4v) is 3.42. The summed E-state index contributed by atoms with van der Waals surface area (Å²) in [7, 11) is 0. The molecule has 0 aromatic carbocycles. The van der Waals surface area contributed by atoms with Gasteiger partial charge in [0.15, 0.2) is 0 Å². The molecule has 0 bridgehead atoms. The van der Waals surface area contributed by atoms with Gasteiger partial charge in [-0.3, -0.25) is 4.90 Å². The van der Waals surface area contributed by atoms with Gasteiger partial charge < -0.3 is 10.4 Å². The summed E-state index contributed by atoms with van der Waals surface area (Å²) in [6.45, 7) is 9.78. The Kier molecular flexibility index (Phi) is 4.45. The van der Waals surface area contributed by atoms with Gasteiger partial charge in [-0.1, -0.05) is 13.8 Å². The number of likely N-dealkylation sites (N-methyl/N-ethyl adjacent to an activating group) is 1. The minimum Gasteiger partial charge on any atom is -0.393 e. The van der Waals surface area contributed by atoms with Crippen molar-refractivity contribution in [1.82, 2.24) is 10.2 Å². The number of aliphatic hydroxyl groups excluding tert-OH is 1. The van der Waals surface area contributed by atoms with Gasteiger partial charge in [0.25, 0.3) is 0 Å². The molecule has 0 radical (unpaired) electrons. The number of nitrogens with one attached hydrogen (secondary N) is 1. The Morgan fingerprint density at radius 1 is 1.35 bits per heavy atom. The van der Waals surface area contributed by atoms with Crippen LogP contribution in [0.25, 0.3) is 0 Å².